The summed E-state index contributed by atoms with van der Waals surface area (Å²) in [7, 11) is 1.59. The van der Waals surface area contributed by atoms with Crippen molar-refractivity contribution >= 4 is 22.9 Å². The number of pyridine rings is 1. The average Bonchev–Trinajstić information content (AvgIpc) is 2.96. The lowest BCUT2D eigenvalue weighted by Gasteiger charge is -2.06. The standard InChI is InChI=1S/C19H15N3O3/c1-25-16-5-6-17-14(8-13(10-20)19(23)24)11-22(18(17)9-16)12-15-4-2-3-7-21-15/h2-9,11H,12H2,1H3,(H,23,24)/b13-8+. The highest BCUT2D eigenvalue weighted by Crippen LogP contribution is 2.28. The lowest BCUT2D eigenvalue weighted by molar-refractivity contribution is -0.132. The average molecular weight is 333 g/mol. The first-order chi connectivity index (χ1) is 12.1. The van der Waals surface area contributed by atoms with Crippen LogP contribution in [0.1, 0.15) is 11.3 Å². The van der Waals surface area contributed by atoms with Gasteiger partial charge in [0.1, 0.15) is 17.4 Å². The molecule has 0 atom stereocenters. The smallest absolute Gasteiger partial charge is 0.346 e. The third kappa shape index (κ3) is 3.35. The molecular weight excluding hydrogens is 318 g/mol. The molecule has 124 valence electrons. The number of aromatic nitrogens is 2. The summed E-state index contributed by atoms with van der Waals surface area (Å²) >= 11 is 0. The number of nitrogens with zero attached hydrogens (tertiary/aromatic N) is 3. The number of nitriles is 1. The summed E-state index contributed by atoms with van der Waals surface area (Å²) in [5, 5.41) is 19.0. The lowest BCUT2D eigenvalue weighted by atomic mass is 10.1. The van der Waals surface area contributed by atoms with Crippen molar-refractivity contribution in [2.75, 3.05) is 7.11 Å². The second kappa shape index (κ2) is 6.89. The van der Waals surface area contributed by atoms with E-state index in [4.69, 9.17) is 15.1 Å². The van der Waals surface area contributed by atoms with Gasteiger partial charge in [-0.3, -0.25) is 4.98 Å². The number of methoxy groups -OCH3 is 1. The molecule has 0 aliphatic carbocycles. The summed E-state index contributed by atoms with van der Waals surface area (Å²) in [6.45, 7) is 0.521. The molecule has 25 heavy (non-hydrogen) atoms. The molecule has 0 aliphatic heterocycles. The second-order valence-corrected chi connectivity index (χ2v) is 5.39. The van der Waals surface area contributed by atoms with Crippen LogP contribution < -0.4 is 4.74 Å². The fourth-order valence-corrected chi connectivity index (χ4v) is 2.64. The molecular formula is C19H15N3O3. The Morgan fingerprint density at radius 3 is 2.88 bits per heavy atom. The number of ether oxygens (including phenoxy) is 1. The summed E-state index contributed by atoms with van der Waals surface area (Å²) in [6.07, 6.45) is 4.92. The Labute approximate surface area is 144 Å². The van der Waals surface area contributed by atoms with E-state index in [2.05, 4.69) is 4.98 Å². The first-order valence-electron chi connectivity index (χ1n) is 7.54. The van der Waals surface area contributed by atoms with Gasteiger partial charge in [-0.1, -0.05) is 6.07 Å². The molecule has 2 aromatic heterocycles. The van der Waals surface area contributed by atoms with E-state index in [0.717, 1.165) is 16.6 Å². The van der Waals surface area contributed by atoms with E-state index in [0.29, 0.717) is 17.9 Å². The van der Waals surface area contributed by atoms with Crippen LogP contribution in [-0.2, 0) is 11.3 Å². The van der Waals surface area contributed by atoms with Gasteiger partial charge in [0.25, 0.3) is 0 Å². The molecule has 3 rings (SSSR count). The summed E-state index contributed by atoms with van der Waals surface area (Å²) in [4.78, 5) is 15.5. The van der Waals surface area contributed by atoms with Crippen molar-refractivity contribution in [3.63, 3.8) is 0 Å². The second-order valence-electron chi connectivity index (χ2n) is 5.39. The van der Waals surface area contributed by atoms with E-state index in [9.17, 15) is 4.79 Å². The van der Waals surface area contributed by atoms with E-state index in [1.165, 1.54) is 6.08 Å². The molecule has 0 unspecified atom stereocenters. The quantitative estimate of drug-likeness (QED) is 0.572. The minimum Gasteiger partial charge on any atom is -0.497 e. The summed E-state index contributed by atoms with van der Waals surface area (Å²) < 4.78 is 7.25. The minimum atomic E-state index is -1.25. The third-order valence-electron chi connectivity index (χ3n) is 3.83. The zero-order valence-corrected chi connectivity index (χ0v) is 13.5. The lowest BCUT2D eigenvalue weighted by Crippen LogP contribution is -2.00. The van der Waals surface area contributed by atoms with Crippen LogP contribution in [0.4, 0.5) is 0 Å². The summed E-state index contributed by atoms with van der Waals surface area (Å²) in [6, 6.07) is 12.9. The maximum Gasteiger partial charge on any atom is 0.346 e. The molecule has 0 saturated heterocycles. The van der Waals surface area contributed by atoms with E-state index >= 15 is 0 Å². The number of hydrogen-bond acceptors (Lipinski definition) is 4. The molecule has 1 aromatic carbocycles. The number of aliphatic carboxylic acids is 1. The molecule has 0 fully saturated rings. The first-order valence-corrected chi connectivity index (χ1v) is 7.54. The van der Waals surface area contributed by atoms with Gasteiger partial charge in [-0.15, -0.1) is 0 Å². The van der Waals surface area contributed by atoms with E-state index in [-0.39, 0.29) is 5.57 Å². The number of fused-ring (bicyclic) bond motifs is 1. The molecule has 0 radical (unpaired) electrons. The van der Waals surface area contributed by atoms with Crippen LogP contribution in [0, 0.1) is 11.3 Å². The Morgan fingerprint density at radius 1 is 1.40 bits per heavy atom. The van der Waals surface area contributed by atoms with Crippen LogP contribution in [0.2, 0.25) is 0 Å². The molecule has 6 nitrogen and oxygen atoms in total. The van der Waals surface area contributed by atoms with Gasteiger partial charge in [0.2, 0.25) is 0 Å². The number of carboxylic acids is 1. The highest BCUT2D eigenvalue weighted by molar-refractivity contribution is 6.00. The number of carbonyl (C=O) groups is 1. The van der Waals surface area contributed by atoms with Crippen LogP contribution in [0.25, 0.3) is 17.0 Å². The Morgan fingerprint density at radius 2 is 2.24 bits per heavy atom. The zero-order chi connectivity index (χ0) is 17.8. The normalized spacial score (nSPS) is 11.3. The highest BCUT2D eigenvalue weighted by Gasteiger charge is 2.12. The highest BCUT2D eigenvalue weighted by atomic mass is 16.5. The van der Waals surface area contributed by atoms with Crippen molar-refractivity contribution in [1.29, 1.82) is 5.26 Å². The zero-order valence-electron chi connectivity index (χ0n) is 13.5. The monoisotopic (exact) mass is 333 g/mol. The molecule has 0 aliphatic rings. The first kappa shape index (κ1) is 16.3. The SMILES string of the molecule is COc1ccc2c(/C=C(\C#N)C(=O)O)cn(Cc3ccccn3)c2c1. The van der Waals surface area contributed by atoms with Crippen molar-refractivity contribution in [3.05, 3.63) is 65.6 Å². The molecule has 0 amide bonds. The molecule has 0 spiro atoms. The molecule has 0 saturated carbocycles. The third-order valence-corrected chi connectivity index (χ3v) is 3.83. The topological polar surface area (TPSA) is 88.1 Å². The molecule has 1 N–H and O–H groups in total. The van der Waals surface area contributed by atoms with Gasteiger partial charge in [0.05, 0.1) is 24.9 Å². The number of benzene rings is 1. The minimum absolute atomic E-state index is 0.312. The number of carboxylic acid groups (broad SMARTS) is 1. The van der Waals surface area contributed by atoms with Gasteiger partial charge in [0, 0.05) is 29.4 Å². The summed E-state index contributed by atoms with van der Waals surface area (Å²) in [5.74, 6) is -0.552. The Bertz CT molecular complexity index is 998. The van der Waals surface area contributed by atoms with Crippen molar-refractivity contribution < 1.29 is 14.6 Å². The molecule has 6 heteroatoms. The maximum absolute atomic E-state index is 11.1. The fraction of sp³-hybridized carbons (Fsp3) is 0.105. The molecule has 3 aromatic rings. The van der Waals surface area contributed by atoms with Gasteiger partial charge in [-0.25, -0.2) is 4.79 Å². The van der Waals surface area contributed by atoms with E-state index in [1.54, 1.807) is 25.4 Å². The van der Waals surface area contributed by atoms with Crippen molar-refractivity contribution in [2.24, 2.45) is 0 Å². The van der Waals surface area contributed by atoms with E-state index < -0.39 is 5.97 Å². The summed E-state index contributed by atoms with van der Waals surface area (Å²) in [5.41, 5.74) is 2.09. The van der Waals surface area contributed by atoms with Crippen molar-refractivity contribution in [3.8, 4) is 11.8 Å². The van der Waals surface area contributed by atoms with Gasteiger partial charge < -0.3 is 14.4 Å². The van der Waals surface area contributed by atoms with Crippen molar-refractivity contribution in [1.82, 2.24) is 9.55 Å². The predicted octanol–water partition coefficient (Wildman–Crippen LogP) is 3.08. The fourth-order valence-electron chi connectivity index (χ4n) is 2.64. The van der Waals surface area contributed by atoms with Crippen molar-refractivity contribution in [2.45, 2.75) is 6.54 Å². The van der Waals surface area contributed by atoms with Crippen LogP contribution in [-0.4, -0.2) is 27.7 Å². The molecule has 0 bridgehead atoms. The molecule has 2 heterocycles. The predicted molar refractivity (Wildman–Crippen MR) is 93.1 cm³/mol. The Balaban J connectivity index is 2.16. The van der Waals surface area contributed by atoms with Crippen LogP contribution in [0.15, 0.2) is 54.4 Å². The van der Waals surface area contributed by atoms with Gasteiger partial charge in [0.15, 0.2) is 0 Å². The largest absolute Gasteiger partial charge is 0.497 e. The number of hydrogen-bond donors (Lipinski definition) is 1. The maximum atomic E-state index is 11.1. The Kier molecular flexibility index (Phi) is 4.48. The van der Waals surface area contributed by atoms with Crippen LogP contribution in [0.3, 0.4) is 0 Å². The van der Waals surface area contributed by atoms with Gasteiger partial charge in [-0.2, -0.15) is 5.26 Å². The van der Waals surface area contributed by atoms with Gasteiger partial charge >= 0.3 is 5.97 Å². The Hall–Kier alpha value is -3.59. The van der Waals surface area contributed by atoms with Gasteiger partial charge in [-0.05, 0) is 30.3 Å². The number of rotatable bonds is 5. The van der Waals surface area contributed by atoms with Crippen LogP contribution in [0.5, 0.6) is 5.75 Å². The van der Waals surface area contributed by atoms with E-state index in [1.807, 2.05) is 41.1 Å². The van der Waals surface area contributed by atoms with Crippen LogP contribution >= 0.6 is 0 Å².